The molecule has 1 N–H and O–H groups in total. The van der Waals surface area contributed by atoms with Gasteiger partial charge in [0.2, 0.25) is 0 Å². The highest BCUT2D eigenvalue weighted by Gasteiger charge is 2.18. The van der Waals surface area contributed by atoms with Gasteiger partial charge in [-0.15, -0.1) is 12.4 Å². The fraction of sp³-hybridized carbons (Fsp3) is 0.438. The number of hydrogen-bond acceptors (Lipinski definition) is 3. The van der Waals surface area contributed by atoms with Gasteiger partial charge in [-0.3, -0.25) is 4.98 Å². The summed E-state index contributed by atoms with van der Waals surface area (Å²) in [4.78, 5) is 7.01. The first-order valence-electron chi connectivity index (χ1n) is 7.05. The van der Waals surface area contributed by atoms with Crippen molar-refractivity contribution in [2.24, 2.45) is 0 Å². The van der Waals surface area contributed by atoms with E-state index in [9.17, 15) is 0 Å². The average molecular weight is 292 g/mol. The van der Waals surface area contributed by atoms with Crippen LogP contribution in [0.3, 0.4) is 0 Å². The standard InChI is InChI=1S/C16H21N3.ClH/c1-19(2)11-10-17-16-12-6-3-4-8-14(12)18-15-9-5-7-13(15)16;/h3-4,6,8H,5,7,9-11H2,1-2H3,(H,17,18);1H. The Labute approximate surface area is 126 Å². The molecule has 1 aliphatic carbocycles. The molecule has 4 heteroatoms. The molecule has 3 rings (SSSR count). The Morgan fingerprint density at radius 3 is 2.80 bits per heavy atom. The van der Waals surface area contributed by atoms with Gasteiger partial charge < -0.3 is 10.2 Å². The Bertz CT molecular complexity index is 596. The van der Waals surface area contributed by atoms with Gasteiger partial charge in [-0.05, 0) is 45.0 Å². The third-order valence-corrected chi connectivity index (χ3v) is 3.78. The van der Waals surface area contributed by atoms with Crippen LogP contribution in [0, 0.1) is 0 Å². The van der Waals surface area contributed by atoms with E-state index in [1.807, 2.05) is 0 Å². The molecule has 0 fully saturated rings. The van der Waals surface area contributed by atoms with Crippen LogP contribution in [0.4, 0.5) is 5.69 Å². The van der Waals surface area contributed by atoms with Crippen molar-refractivity contribution in [2.75, 3.05) is 32.5 Å². The topological polar surface area (TPSA) is 28.2 Å². The minimum atomic E-state index is 0. The second-order valence-corrected chi connectivity index (χ2v) is 5.51. The molecule has 3 nitrogen and oxygen atoms in total. The van der Waals surface area contributed by atoms with Crippen LogP contribution in [-0.2, 0) is 12.8 Å². The van der Waals surface area contributed by atoms with E-state index in [0.717, 1.165) is 31.4 Å². The lowest BCUT2D eigenvalue weighted by Crippen LogP contribution is -2.21. The predicted molar refractivity (Wildman–Crippen MR) is 88.1 cm³/mol. The maximum absolute atomic E-state index is 4.81. The van der Waals surface area contributed by atoms with Crippen molar-refractivity contribution in [2.45, 2.75) is 19.3 Å². The third kappa shape index (κ3) is 2.89. The highest BCUT2D eigenvalue weighted by molar-refractivity contribution is 5.93. The van der Waals surface area contributed by atoms with Crippen LogP contribution in [0.1, 0.15) is 17.7 Å². The number of aryl methyl sites for hydroxylation is 1. The molecule has 1 aromatic heterocycles. The smallest absolute Gasteiger partial charge is 0.0726 e. The van der Waals surface area contributed by atoms with Crippen LogP contribution in [0.25, 0.3) is 10.9 Å². The number of aromatic nitrogens is 1. The van der Waals surface area contributed by atoms with Crippen molar-refractivity contribution in [3.05, 3.63) is 35.5 Å². The zero-order valence-corrected chi connectivity index (χ0v) is 13.0. The Morgan fingerprint density at radius 1 is 1.20 bits per heavy atom. The molecule has 0 atom stereocenters. The van der Waals surface area contributed by atoms with Gasteiger partial charge in [-0.1, -0.05) is 18.2 Å². The van der Waals surface area contributed by atoms with E-state index in [0.29, 0.717) is 0 Å². The van der Waals surface area contributed by atoms with E-state index < -0.39 is 0 Å². The predicted octanol–water partition coefficient (Wildman–Crippen LogP) is 3.12. The summed E-state index contributed by atoms with van der Waals surface area (Å²) in [6.45, 7) is 2.03. The van der Waals surface area contributed by atoms with Crippen LogP contribution in [0.5, 0.6) is 0 Å². The molecule has 0 aliphatic heterocycles. The number of likely N-dealkylation sites (N-methyl/N-ethyl adjacent to an activating group) is 1. The summed E-state index contributed by atoms with van der Waals surface area (Å²) >= 11 is 0. The van der Waals surface area contributed by atoms with Crippen molar-refractivity contribution in [1.82, 2.24) is 9.88 Å². The second-order valence-electron chi connectivity index (χ2n) is 5.51. The summed E-state index contributed by atoms with van der Waals surface area (Å²) in [5.74, 6) is 0. The Balaban J connectivity index is 0.00000147. The lowest BCUT2D eigenvalue weighted by atomic mass is 10.1. The van der Waals surface area contributed by atoms with Gasteiger partial charge in [0.15, 0.2) is 0 Å². The van der Waals surface area contributed by atoms with E-state index in [4.69, 9.17) is 4.98 Å². The Morgan fingerprint density at radius 2 is 2.00 bits per heavy atom. The molecule has 2 aromatic rings. The first-order valence-corrected chi connectivity index (χ1v) is 7.05. The number of nitrogens with zero attached hydrogens (tertiary/aromatic N) is 2. The lowest BCUT2D eigenvalue weighted by molar-refractivity contribution is 0.425. The number of rotatable bonds is 4. The van der Waals surface area contributed by atoms with Crippen molar-refractivity contribution in [3.8, 4) is 0 Å². The van der Waals surface area contributed by atoms with Crippen molar-refractivity contribution in [3.63, 3.8) is 0 Å². The van der Waals surface area contributed by atoms with E-state index in [1.165, 1.54) is 28.8 Å². The molecule has 1 aliphatic rings. The number of para-hydroxylation sites is 1. The zero-order chi connectivity index (χ0) is 13.2. The molecule has 1 aromatic carbocycles. The van der Waals surface area contributed by atoms with Gasteiger partial charge >= 0.3 is 0 Å². The highest BCUT2D eigenvalue weighted by Crippen LogP contribution is 2.33. The van der Waals surface area contributed by atoms with Gasteiger partial charge in [-0.25, -0.2) is 0 Å². The molecule has 108 valence electrons. The lowest BCUT2D eigenvalue weighted by Gasteiger charge is -2.16. The number of pyridine rings is 1. The van der Waals surface area contributed by atoms with E-state index >= 15 is 0 Å². The van der Waals surface area contributed by atoms with Crippen LogP contribution in [0.2, 0.25) is 0 Å². The van der Waals surface area contributed by atoms with Crippen molar-refractivity contribution in [1.29, 1.82) is 0 Å². The molecule has 1 heterocycles. The van der Waals surface area contributed by atoms with Gasteiger partial charge in [0.1, 0.15) is 0 Å². The molecule has 0 unspecified atom stereocenters. The first-order chi connectivity index (χ1) is 9.25. The summed E-state index contributed by atoms with van der Waals surface area (Å²) in [6, 6.07) is 8.47. The number of anilines is 1. The zero-order valence-electron chi connectivity index (χ0n) is 12.1. The highest BCUT2D eigenvalue weighted by atomic mass is 35.5. The number of benzene rings is 1. The molecular formula is C16H22ClN3. The molecule has 0 bridgehead atoms. The first kappa shape index (κ1) is 15.1. The summed E-state index contributed by atoms with van der Waals surface area (Å²) < 4.78 is 0. The average Bonchev–Trinajstić information content (AvgIpc) is 2.85. The summed E-state index contributed by atoms with van der Waals surface area (Å²) in [6.07, 6.45) is 3.53. The molecule has 0 saturated carbocycles. The summed E-state index contributed by atoms with van der Waals surface area (Å²) in [5.41, 5.74) is 5.18. The Kier molecular flexibility index (Phi) is 4.84. The molecule has 20 heavy (non-hydrogen) atoms. The Hall–Kier alpha value is -1.32. The number of nitrogens with one attached hydrogen (secondary N) is 1. The van der Waals surface area contributed by atoms with Crippen LogP contribution >= 0.6 is 12.4 Å². The fourth-order valence-corrected chi connectivity index (χ4v) is 2.82. The second kappa shape index (κ2) is 6.42. The fourth-order valence-electron chi connectivity index (χ4n) is 2.82. The summed E-state index contributed by atoms with van der Waals surface area (Å²) in [7, 11) is 4.22. The SMILES string of the molecule is CN(C)CCNc1c2c(nc3ccccc13)CCC2.Cl. The monoisotopic (exact) mass is 291 g/mol. The molecule has 0 radical (unpaired) electrons. The normalized spacial score (nSPS) is 13.3. The quantitative estimate of drug-likeness (QED) is 0.938. The number of halogens is 1. The third-order valence-electron chi connectivity index (χ3n) is 3.78. The van der Waals surface area contributed by atoms with Gasteiger partial charge in [0, 0.05) is 29.9 Å². The minimum absolute atomic E-state index is 0. The van der Waals surface area contributed by atoms with Crippen molar-refractivity contribution < 1.29 is 0 Å². The number of hydrogen-bond donors (Lipinski definition) is 1. The summed E-state index contributed by atoms with van der Waals surface area (Å²) in [5, 5.41) is 4.90. The maximum atomic E-state index is 4.81. The molecule has 0 saturated heterocycles. The van der Waals surface area contributed by atoms with E-state index in [1.54, 1.807) is 0 Å². The largest absolute Gasteiger partial charge is 0.383 e. The van der Waals surface area contributed by atoms with Gasteiger partial charge in [0.05, 0.1) is 5.52 Å². The molecular weight excluding hydrogens is 270 g/mol. The van der Waals surface area contributed by atoms with E-state index in [-0.39, 0.29) is 12.4 Å². The van der Waals surface area contributed by atoms with Crippen LogP contribution < -0.4 is 5.32 Å². The van der Waals surface area contributed by atoms with Gasteiger partial charge in [-0.2, -0.15) is 0 Å². The molecule has 0 spiro atoms. The molecule has 0 amide bonds. The number of fused-ring (bicyclic) bond motifs is 2. The van der Waals surface area contributed by atoms with E-state index in [2.05, 4.69) is 48.6 Å². The minimum Gasteiger partial charge on any atom is -0.383 e. The maximum Gasteiger partial charge on any atom is 0.0726 e. The van der Waals surface area contributed by atoms with Crippen LogP contribution in [-0.4, -0.2) is 37.1 Å². The van der Waals surface area contributed by atoms with Crippen LogP contribution in [0.15, 0.2) is 24.3 Å². The van der Waals surface area contributed by atoms with Crippen molar-refractivity contribution >= 4 is 29.0 Å². The van der Waals surface area contributed by atoms with Gasteiger partial charge in [0.25, 0.3) is 0 Å².